The van der Waals surface area contributed by atoms with Crippen LogP contribution in [0.4, 0.5) is 0 Å². The molecule has 4 rings (SSSR count). The van der Waals surface area contributed by atoms with Gasteiger partial charge in [0, 0.05) is 29.4 Å². The van der Waals surface area contributed by atoms with Crippen LogP contribution in [0.5, 0.6) is 0 Å². The summed E-state index contributed by atoms with van der Waals surface area (Å²) in [7, 11) is 0. The second-order valence-electron chi connectivity index (χ2n) is 6.82. The number of hydrogen-bond acceptors (Lipinski definition) is 5. The average Bonchev–Trinajstić information content (AvgIpc) is 3.37. The molecule has 3 aromatic heterocycles. The van der Waals surface area contributed by atoms with E-state index in [1.54, 1.807) is 0 Å². The summed E-state index contributed by atoms with van der Waals surface area (Å²) in [5, 5.41) is 7.45. The largest absolute Gasteiger partial charge is 0.348 e. The number of nitrogens with two attached hydrogens (primary N) is 1. The first-order valence-electron chi connectivity index (χ1n) is 8.55. The Labute approximate surface area is 149 Å². The lowest BCUT2D eigenvalue weighted by Crippen LogP contribution is -2.28. The number of carbonyl (C=O) groups excluding carboxylic acids is 1. The Bertz CT molecular complexity index is 1080. The molecule has 1 fully saturated rings. The number of H-pyrrole nitrogens is 1. The molecule has 0 aliphatic heterocycles. The third-order valence-electron chi connectivity index (χ3n) is 4.75. The van der Waals surface area contributed by atoms with Crippen molar-refractivity contribution in [3.05, 3.63) is 56.8 Å². The van der Waals surface area contributed by atoms with Crippen LogP contribution in [-0.4, -0.2) is 25.8 Å². The molecule has 0 bridgehead atoms. The number of amides is 1. The van der Waals surface area contributed by atoms with Crippen LogP contribution >= 0.6 is 0 Å². The fraction of sp³-hybridized carbons (Fsp3) is 0.333. The van der Waals surface area contributed by atoms with Gasteiger partial charge in [-0.1, -0.05) is 0 Å². The van der Waals surface area contributed by atoms with Gasteiger partial charge in [0.2, 0.25) is 0 Å². The second kappa shape index (κ2) is 5.98. The minimum atomic E-state index is -0.272. The molecule has 0 saturated heterocycles. The smallest absolute Gasteiger partial charge is 0.253 e. The molecule has 0 atom stereocenters. The molecule has 0 spiro atoms. The molecule has 1 saturated carbocycles. The Morgan fingerprint density at radius 1 is 1.38 bits per heavy atom. The number of fused-ring (bicyclic) bond motifs is 1. The molecule has 26 heavy (non-hydrogen) atoms. The summed E-state index contributed by atoms with van der Waals surface area (Å²) >= 11 is 0. The molecule has 1 amide bonds. The van der Waals surface area contributed by atoms with Crippen LogP contribution in [0.3, 0.4) is 0 Å². The highest BCUT2D eigenvalue weighted by atomic mass is 16.1. The number of pyridine rings is 2. The molecule has 0 unspecified atom stereocenters. The van der Waals surface area contributed by atoms with Gasteiger partial charge in [-0.25, -0.2) is 4.98 Å². The number of nitrogen functional groups attached to an aromatic ring is 1. The highest BCUT2D eigenvalue weighted by molar-refractivity contribution is 6.05. The van der Waals surface area contributed by atoms with Gasteiger partial charge in [0.25, 0.3) is 11.5 Å². The maximum atomic E-state index is 12.8. The molecule has 0 radical (unpaired) electrons. The van der Waals surface area contributed by atoms with E-state index in [0.717, 1.165) is 29.8 Å². The normalized spacial score (nSPS) is 13.9. The van der Waals surface area contributed by atoms with Crippen molar-refractivity contribution < 1.29 is 4.79 Å². The van der Waals surface area contributed by atoms with Crippen molar-refractivity contribution in [1.82, 2.24) is 25.2 Å². The van der Waals surface area contributed by atoms with Gasteiger partial charge in [0.15, 0.2) is 5.65 Å². The standard InChI is InChI=1S/C18H20N6O2/c1-9-5-10(2)22-18(26)13(9)7-20-17(25)12-6-15(11-3-4-11)23-16-14(12)8-21-24(16)19/h5-6,8,11H,3-4,7,19H2,1-2H3,(H,20,25)(H,22,26). The zero-order valence-electron chi connectivity index (χ0n) is 14.7. The van der Waals surface area contributed by atoms with Gasteiger partial charge in [-0.2, -0.15) is 9.89 Å². The first kappa shape index (κ1) is 16.3. The van der Waals surface area contributed by atoms with Crippen molar-refractivity contribution >= 4 is 16.9 Å². The fourth-order valence-electron chi connectivity index (χ4n) is 3.18. The monoisotopic (exact) mass is 352 g/mol. The summed E-state index contributed by atoms with van der Waals surface area (Å²) < 4.78 is 0. The maximum absolute atomic E-state index is 12.8. The SMILES string of the molecule is Cc1cc(C)c(CNC(=O)c2cc(C3CC3)nc3c2cnn3N)c(=O)[nH]1. The maximum Gasteiger partial charge on any atom is 0.253 e. The van der Waals surface area contributed by atoms with Crippen LogP contribution in [0.2, 0.25) is 0 Å². The lowest BCUT2D eigenvalue weighted by molar-refractivity contribution is 0.0952. The molecule has 3 aromatic rings. The topological polar surface area (TPSA) is 119 Å². The van der Waals surface area contributed by atoms with E-state index in [0.29, 0.717) is 28.1 Å². The molecule has 4 N–H and O–H groups in total. The highest BCUT2D eigenvalue weighted by Crippen LogP contribution is 2.40. The van der Waals surface area contributed by atoms with Crippen LogP contribution in [0, 0.1) is 13.8 Å². The van der Waals surface area contributed by atoms with Crippen molar-refractivity contribution in [2.45, 2.75) is 39.2 Å². The molecule has 1 aliphatic carbocycles. The molecule has 8 nitrogen and oxygen atoms in total. The van der Waals surface area contributed by atoms with E-state index in [9.17, 15) is 9.59 Å². The fourth-order valence-corrected chi connectivity index (χ4v) is 3.18. The summed E-state index contributed by atoms with van der Waals surface area (Å²) in [6.07, 6.45) is 3.67. The number of aromatic nitrogens is 4. The van der Waals surface area contributed by atoms with Crippen molar-refractivity contribution in [2.75, 3.05) is 5.84 Å². The van der Waals surface area contributed by atoms with Crippen LogP contribution in [-0.2, 0) is 6.54 Å². The lowest BCUT2D eigenvalue weighted by Gasteiger charge is -2.10. The number of nitrogens with zero attached hydrogens (tertiary/aromatic N) is 3. The van der Waals surface area contributed by atoms with Gasteiger partial charge in [-0.05, 0) is 44.4 Å². The third kappa shape index (κ3) is 2.83. The zero-order chi connectivity index (χ0) is 18.4. The Kier molecular flexibility index (Phi) is 3.75. The Morgan fingerprint density at radius 2 is 2.15 bits per heavy atom. The van der Waals surface area contributed by atoms with E-state index < -0.39 is 0 Å². The van der Waals surface area contributed by atoms with Gasteiger partial charge in [-0.3, -0.25) is 9.59 Å². The average molecular weight is 352 g/mol. The Morgan fingerprint density at radius 3 is 2.85 bits per heavy atom. The molecule has 0 aromatic carbocycles. The van der Waals surface area contributed by atoms with Crippen molar-refractivity contribution in [2.24, 2.45) is 0 Å². The number of rotatable bonds is 4. The van der Waals surface area contributed by atoms with E-state index in [4.69, 9.17) is 5.84 Å². The van der Waals surface area contributed by atoms with E-state index in [1.165, 1.54) is 11.0 Å². The van der Waals surface area contributed by atoms with Crippen LogP contribution in [0.1, 0.15) is 51.6 Å². The van der Waals surface area contributed by atoms with Gasteiger partial charge < -0.3 is 16.1 Å². The van der Waals surface area contributed by atoms with E-state index in [2.05, 4.69) is 20.4 Å². The van der Waals surface area contributed by atoms with Crippen molar-refractivity contribution in [3.8, 4) is 0 Å². The lowest BCUT2D eigenvalue weighted by atomic mass is 10.1. The van der Waals surface area contributed by atoms with Crippen LogP contribution < -0.4 is 16.7 Å². The van der Waals surface area contributed by atoms with Crippen LogP contribution in [0.15, 0.2) is 23.1 Å². The summed E-state index contributed by atoms with van der Waals surface area (Å²) in [6.45, 7) is 3.84. The number of aromatic amines is 1. The number of carbonyl (C=O) groups is 1. The van der Waals surface area contributed by atoms with Crippen molar-refractivity contribution in [1.29, 1.82) is 0 Å². The Hall–Kier alpha value is -3.16. The van der Waals surface area contributed by atoms with Gasteiger partial charge in [-0.15, -0.1) is 0 Å². The van der Waals surface area contributed by atoms with Gasteiger partial charge in [0.05, 0.1) is 17.1 Å². The quantitative estimate of drug-likeness (QED) is 0.611. The molecular formula is C18H20N6O2. The summed E-state index contributed by atoms with van der Waals surface area (Å²) in [5.74, 6) is 5.93. The number of hydrogen-bond donors (Lipinski definition) is 3. The minimum Gasteiger partial charge on any atom is -0.348 e. The predicted molar refractivity (Wildman–Crippen MR) is 97.4 cm³/mol. The van der Waals surface area contributed by atoms with Crippen LogP contribution in [0.25, 0.3) is 11.0 Å². The Balaban J connectivity index is 1.65. The molecular weight excluding hydrogens is 332 g/mol. The first-order chi connectivity index (χ1) is 12.4. The predicted octanol–water partition coefficient (Wildman–Crippen LogP) is 1.26. The molecule has 1 aliphatic rings. The first-order valence-corrected chi connectivity index (χ1v) is 8.55. The summed E-state index contributed by atoms with van der Waals surface area (Å²) in [6, 6.07) is 3.69. The van der Waals surface area contributed by atoms with Crippen molar-refractivity contribution in [3.63, 3.8) is 0 Å². The molecule has 134 valence electrons. The highest BCUT2D eigenvalue weighted by Gasteiger charge is 2.28. The van der Waals surface area contributed by atoms with E-state index >= 15 is 0 Å². The third-order valence-corrected chi connectivity index (χ3v) is 4.75. The van der Waals surface area contributed by atoms with E-state index in [-0.39, 0.29) is 18.0 Å². The number of aryl methyl sites for hydroxylation is 2. The summed E-state index contributed by atoms with van der Waals surface area (Å²) in [5.41, 5.74) is 3.84. The molecule has 3 heterocycles. The number of nitrogens with one attached hydrogen (secondary N) is 2. The molecule has 8 heteroatoms. The zero-order valence-corrected chi connectivity index (χ0v) is 14.7. The van der Waals surface area contributed by atoms with E-state index in [1.807, 2.05) is 26.0 Å². The summed E-state index contributed by atoms with van der Waals surface area (Å²) in [4.78, 5) is 33.4. The minimum absolute atomic E-state index is 0.152. The van der Waals surface area contributed by atoms with Gasteiger partial charge in [0.1, 0.15) is 0 Å². The second-order valence-corrected chi connectivity index (χ2v) is 6.82. The van der Waals surface area contributed by atoms with Gasteiger partial charge >= 0.3 is 0 Å².